The van der Waals surface area contributed by atoms with Crippen molar-refractivity contribution in [3.63, 3.8) is 0 Å². The average molecular weight is 391 g/mol. The molecule has 0 saturated carbocycles. The molecule has 0 bridgehead atoms. The summed E-state index contributed by atoms with van der Waals surface area (Å²) >= 11 is 0. The van der Waals surface area contributed by atoms with Gasteiger partial charge in [0.2, 0.25) is 15.9 Å². The molecule has 0 aliphatic carbocycles. The first-order chi connectivity index (χ1) is 12.9. The molecular weight excluding hydrogens is 366 g/mol. The van der Waals surface area contributed by atoms with Crippen molar-refractivity contribution in [3.05, 3.63) is 54.4 Å². The van der Waals surface area contributed by atoms with Crippen molar-refractivity contribution in [2.45, 2.75) is 26.3 Å². The molecule has 0 spiro atoms. The zero-order chi connectivity index (χ0) is 19.7. The van der Waals surface area contributed by atoms with E-state index < -0.39 is 10.0 Å². The molecular formula is C19H25N3O4S. The van der Waals surface area contributed by atoms with E-state index in [1.54, 1.807) is 36.7 Å². The Morgan fingerprint density at radius 3 is 2.56 bits per heavy atom. The summed E-state index contributed by atoms with van der Waals surface area (Å²) in [4.78, 5) is 16.0. The Hall–Kier alpha value is -2.61. The number of anilines is 1. The predicted molar refractivity (Wildman–Crippen MR) is 105 cm³/mol. The lowest BCUT2D eigenvalue weighted by Gasteiger charge is -2.22. The molecule has 0 aliphatic rings. The van der Waals surface area contributed by atoms with Gasteiger partial charge in [-0.05, 0) is 49.2 Å². The Bertz CT molecular complexity index is 824. The Labute approximate surface area is 160 Å². The van der Waals surface area contributed by atoms with E-state index in [4.69, 9.17) is 4.74 Å². The molecule has 8 heteroatoms. The van der Waals surface area contributed by atoms with Crippen molar-refractivity contribution in [3.8, 4) is 5.75 Å². The monoisotopic (exact) mass is 391 g/mol. The number of amides is 1. The summed E-state index contributed by atoms with van der Waals surface area (Å²) < 4.78 is 30.9. The van der Waals surface area contributed by atoms with Gasteiger partial charge in [-0.25, -0.2) is 8.42 Å². The highest BCUT2D eigenvalue weighted by molar-refractivity contribution is 7.92. The van der Waals surface area contributed by atoms with Crippen LogP contribution in [0.4, 0.5) is 5.69 Å². The molecule has 1 aromatic carbocycles. The third-order valence-electron chi connectivity index (χ3n) is 3.81. The van der Waals surface area contributed by atoms with Crippen molar-refractivity contribution in [1.82, 2.24) is 10.3 Å². The van der Waals surface area contributed by atoms with E-state index in [0.717, 1.165) is 11.8 Å². The zero-order valence-electron chi connectivity index (χ0n) is 15.6. The Morgan fingerprint density at radius 1 is 1.22 bits per heavy atom. The second-order valence-corrected chi connectivity index (χ2v) is 7.91. The molecule has 7 nitrogen and oxygen atoms in total. The molecule has 146 valence electrons. The largest absolute Gasteiger partial charge is 0.494 e. The molecule has 0 saturated heterocycles. The van der Waals surface area contributed by atoms with Gasteiger partial charge in [-0.2, -0.15) is 0 Å². The Morgan fingerprint density at radius 2 is 1.96 bits per heavy atom. The van der Waals surface area contributed by atoms with Crippen LogP contribution in [0.1, 0.15) is 25.3 Å². The van der Waals surface area contributed by atoms with Crippen molar-refractivity contribution >= 4 is 21.6 Å². The van der Waals surface area contributed by atoms with Crippen LogP contribution in [0.3, 0.4) is 0 Å². The lowest BCUT2D eigenvalue weighted by molar-refractivity contribution is -0.121. The summed E-state index contributed by atoms with van der Waals surface area (Å²) in [5.74, 6) is 0.559. The summed E-state index contributed by atoms with van der Waals surface area (Å²) in [5.41, 5.74) is 1.47. The van der Waals surface area contributed by atoms with Gasteiger partial charge in [-0.3, -0.25) is 14.1 Å². The molecule has 27 heavy (non-hydrogen) atoms. The topological polar surface area (TPSA) is 88.6 Å². The third kappa shape index (κ3) is 6.90. The summed E-state index contributed by atoms with van der Waals surface area (Å²) in [6.07, 6.45) is 5.18. The molecule has 2 aromatic rings. The number of nitrogens with zero attached hydrogens (tertiary/aromatic N) is 2. The fourth-order valence-electron chi connectivity index (χ4n) is 2.54. The number of carbonyl (C=O) groups excluding carboxylic acids is 1. The maximum absolute atomic E-state index is 12.1. The van der Waals surface area contributed by atoms with Gasteiger partial charge in [0.05, 0.1) is 18.6 Å². The highest BCUT2D eigenvalue weighted by Crippen LogP contribution is 2.22. The summed E-state index contributed by atoms with van der Waals surface area (Å²) in [5, 5.41) is 2.81. The smallest absolute Gasteiger partial charge is 0.232 e. The minimum Gasteiger partial charge on any atom is -0.494 e. The van der Waals surface area contributed by atoms with Gasteiger partial charge in [0.1, 0.15) is 5.75 Å². The van der Waals surface area contributed by atoms with E-state index in [2.05, 4.69) is 10.3 Å². The average Bonchev–Trinajstić information content (AvgIpc) is 2.64. The van der Waals surface area contributed by atoms with Crippen LogP contribution in [0.2, 0.25) is 0 Å². The van der Waals surface area contributed by atoms with Crippen LogP contribution in [0.25, 0.3) is 0 Å². The first-order valence-electron chi connectivity index (χ1n) is 8.76. The molecule has 0 radical (unpaired) electrons. The number of hydrogen-bond acceptors (Lipinski definition) is 5. The number of rotatable bonds is 10. The summed E-state index contributed by atoms with van der Waals surface area (Å²) in [6, 6.07) is 10.6. The van der Waals surface area contributed by atoms with Crippen LogP contribution in [-0.2, 0) is 21.4 Å². The second kappa shape index (κ2) is 9.91. The number of carbonyl (C=O) groups is 1. The van der Waals surface area contributed by atoms with Gasteiger partial charge in [-0.15, -0.1) is 0 Å². The van der Waals surface area contributed by atoms with Crippen molar-refractivity contribution in [1.29, 1.82) is 0 Å². The summed E-state index contributed by atoms with van der Waals surface area (Å²) in [7, 11) is -3.44. The van der Waals surface area contributed by atoms with Gasteiger partial charge in [0, 0.05) is 31.9 Å². The van der Waals surface area contributed by atoms with Gasteiger partial charge in [0.15, 0.2) is 0 Å². The van der Waals surface area contributed by atoms with Crippen LogP contribution in [0.5, 0.6) is 5.75 Å². The molecule has 1 heterocycles. The zero-order valence-corrected chi connectivity index (χ0v) is 16.4. The maximum atomic E-state index is 12.1. The normalized spacial score (nSPS) is 11.0. The predicted octanol–water partition coefficient (Wildman–Crippen LogP) is 2.34. The molecule has 0 unspecified atom stereocenters. The molecule has 0 aliphatic heterocycles. The first-order valence-corrected chi connectivity index (χ1v) is 10.6. The molecule has 1 N–H and O–H groups in total. The second-order valence-electron chi connectivity index (χ2n) is 6.00. The number of benzene rings is 1. The van der Waals surface area contributed by atoms with E-state index in [-0.39, 0.29) is 18.9 Å². The van der Waals surface area contributed by atoms with E-state index in [0.29, 0.717) is 31.0 Å². The number of nitrogens with one attached hydrogen (secondary N) is 1. The van der Waals surface area contributed by atoms with E-state index >= 15 is 0 Å². The fourth-order valence-corrected chi connectivity index (χ4v) is 3.50. The highest BCUT2D eigenvalue weighted by atomic mass is 32.2. The van der Waals surface area contributed by atoms with Crippen LogP contribution in [0, 0.1) is 0 Å². The van der Waals surface area contributed by atoms with Crippen LogP contribution >= 0.6 is 0 Å². The molecule has 0 atom stereocenters. The van der Waals surface area contributed by atoms with E-state index in [1.807, 2.05) is 19.1 Å². The number of aromatic nitrogens is 1. The van der Waals surface area contributed by atoms with Crippen molar-refractivity contribution < 1.29 is 17.9 Å². The van der Waals surface area contributed by atoms with E-state index in [9.17, 15) is 13.2 Å². The lowest BCUT2D eigenvalue weighted by Crippen LogP contribution is -2.32. The third-order valence-corrected chi connectivity index (χ3v) is 5.01. The minimum absolute atomic E-state index is 0.126. The van der Waals surface area contributed by atoms with Crippen molar-refractivity contribution in [2.75, 3.05) is 23.7 Å². The maximum Gasteiger partial charge on any atom is 0.232 e. The van der Waals surface area contributed by atoms with Gasteiger partial charge in [0.25, 0.3) is 0 Å². The van der Waals surface area contributed by atoms with Gasteiger partial charge < -0.3 is 10.1 Å². The van der Waals surface area contributed by atoms with Crippen LogP contribution < -0.4 is 14.4 Å². The van der Waals surface area contributed by atoms with Crippen molar-refractivity contribution in [2.24, 2.45) is 0 Å². The first kappa shape index (κ1) is 20.7. The Balaban J connectivity index is 1.88. The summed E-state index contributed by atoms with van der Waals surface area (Å²) in [6.45, 7) is 3.06. The fraction of sp³-hybridized carbons (Fsp3) is 0.368. The van der Waals surface area contributed by atoms with Crippen LogP contribution in [-0.4, -0.2) is 38.7 Å². The quantitative estimate of drug-likeness (QED) is 0.672. The minimum atomic E-state index is -3.44. The number of sulfonamides is 1. The number of ether oxygens (including phenoxy) is 1. The van der Waals surface area contributed by atoms with E-state index in [1.165, 1.54) is 4.31 Å². The molecule has 2 rings (SSSR count). The molecule has 1 aromatic heterocycles. The van der Waals surface area contributed by atoms with Crippen LogP contribution in [0.15, 0.2) is 48.8 Å². The van der Waals surface area contributed by atoms with Gasteiger partial charge >= 0.3 is 0 Å². The number of pyridine rings is 1. The molecule has 1 amide bonds. The standard InChI is InChI=1S/C19H25N3O4S/c1-3-26-18-10-8-17(9-11-18)22(27(2,24)25)13-5-7-19(23)21-15-16-6-4-12-20-14-16/h4,6,8-12,14H,3,5,7,13,15H2,1-2H3,(H,21,23). The SMILES string of the molecule is CCOc1ccc(N(CCCC(=O)NCc2cccnc2)S(C)(=O)=O)cc1. The highest BCUT2D eigenvalue weighted by Gasteiger charge is 2.17. The van der Waals surface area contributed by atoms with Gasteiger partial charge in [-0.1, -0.05) is 6.07 Å². The lowest BCUT2D eigenvalue weighted by atomic mass is 10.2. The Kier molecular flexibility index (Phi) is 7.60. The molecule has 0 fully saturated rings. The number of hydrogen-bond donors (Lipinski definition) is 1.